The van der Waals surface area contributed by atoms with E-state index in [1.807, 2.05) is 0 Å². The Bertz CT molecular complexity index is 1210. The number of ether oxygens (including phenoxy) is 3. The van der Waals surface area contributed by atoms with Crippen LogP contribution in [0.5, 0.6) is 0 Å². The summed E-state index contributed by atoms with van der Waals surface area (Å²) in [6.07, 6.45) is 69.3. The van der Waals surface area contributed by atoms with E-state index in [4.69, 9.17) is 14.2 Å². The maximum atomic E-state index is 12.8. The number of esters is 3. The van der Waals surface area contributed by atoms with Crippen molar-refractivity contribution in [2.24, 2.45) is 0 Å². The number of hydrogen-bond acceptors (Lipinski definition) is 6. The number of allylic oxidation sites excluding steroid dienone is 10. The molecule has 0 saturated heterocycles. The Morgan fingerprint density at radius 3 is 0.940 bits per heavy atom. The minimum absolute atomic E-state index is 0.0870. The first-order valence-corrected chi connectivity index (χ1v) is 28.8. The highest BCUT2D eigenvalue weighted by atomic mass is 16.6. The van der Waals surface area contributed by atoms with Gasteiger partial charge in [0.15, 0.2) is 6.10 Å². The van der Waals surface area contributed by atoms with E-state index in [2.05, 4.69) is 81.5 Å². The lowest BCUT2D eigenvalue weighted by atomic mass is 10.0. The smallest absolute Gasteiger partial charge is 0.306 e. The van der Waals surface area contributed by atoms with Gasteiger partial charge in [-0.3, -0.25) is 14.4 Å². The lowest BCUT2D eigenvalue weighted by Gasteiger charge is -2.18. The van der Waals surface area contributed by atoms with Gasteiger partial charge in [-0.05, 0) is 83.5 Å². The van der Waals surface area contributed by atoms with Gasteiger partial charge in [0.2, 0.25) is 0 Å². The van der Waals surface area contributed by atoms with Gasteiger partial charge in [-0.15, -0.1) is 0 Å². The first-order chi connectivity index (χ1) is 33.0. The van der Waals surface area contributed by atoms with Crippen LogP contribution in [0, 0.1) is 0 Å². The molecule has 0 bridgehead atoms. The highest BCUT2D eigenvalue weighted by Crippen LogP contribution is 2.16. The SMILES string of the molecule is CC/C=C\C/C=C\C/C=C\CCCCCC(=O)OCC(COC(=O)CCCCCCCCCCCCCCCCCCCCCC)OC(=O)CCCCCCC/C=C\C/C=C\CCCCCC. The summed E-state index contributed by atoms with van der Waals surface area (Å²) < 4.78 is 16.8. The van der Waals surface area contributed by atoms with E-state index in [9.17, 15) is 14.4 Å². The van der Waals surface area contributed by atoms with Crippen molar-refractivity contribution in [2.45, 2.75) is 297 Å². The van der Waals surface area contributed by atoms with Gasteiger partial charge in [0.1, 0.15) is 13.2 Å². The molecule has 6 nitrogen and oxygen atoms in total. The van der Waals surface area contributed by atoms with E-state index in [1.165, 1.54) is 141 Å². The Hall–Kier alpha value is -2.89. The van der Waals surface area contributed by atoms with Crippen LogP contribution in [0.1, 0.15) is 290 Å². The zero-order chi connectivity index (χ0) is 48.6. The predicted molar refractivity (Wildman–Crippen MR) is 288 cm³/mol. The highest BCUT2D eigenvalue weighted by Gasteiger charge is 2.19. The summed E-state index contributed by atoms with van der Waals surface area (Å²) in [5.74, 6) is -0.920. The van der Waals surface area contributed by atoms with E-state index in [0.29, 0.717) is 19.3 Å². The van der Waals surface area contributed by atoms with Gasteiger partial charge in [0.25, 0.3) is 0 Å². The van der Waals surface area contributed by atoms with Crippen molar-refractivity contribution in [3.63, 3.8) is 0 Å². The molecule has 67 heavy (non-hydrogen) atoms. The number of unbranched alkanes of at least 4 members (excludes halogenated alkanes) is 31. The molecule has 0 aromatic heterocycles. The molecule has 6 heteroatoms. The fourth-order valence-corrected chi connectivity index (χ4v) is 8.19. The molecule has 0 fully saturated rings. The van der Waals surface area contributed by atoms with Gasteiger partial charge in [-0.25, -0.2) is 0 Å². The molecule has 0 aliphatic rings. The Labute approximate surface area is 415 Å². The summed E-state index contributed by atoms with van der Waals surface area (Å²) in [7, 11) is 0. The fourth-order valence-electron chi connectivity index (χ4n) is 8.19. The van der Waals surface area contributed by atoms with Crippen LogP contribution in [0.3, 0.4) is 0 Å². The van der Waals surface area contributed by atoms with E-state index in [-0.39, 0.29) is 31.1 Å². The van der Waals surface area contributed by atoms with Gasteiger partial charge in [-0.2, -0.15) is 0 Å². The first-order valence-electron chi connectivity index (χ1n) is 28.8. The van der Waals surface area contributed by atoms with Gasteiger partial charge >= 0.3 is 17.9 Å². The zero-order valence-corrected chi connectivity index (χ0v) is 44.4. The molecule has 0 spiro atoms. The second-order valence-electron chi connectivity index (χ2n) is 19.2. The molecule has 0 aliphatic heterocycles. The molecule has 0 N–H and O–H groups in total. The third kappa shape index (κ3) is 53.9. The maximum Gasteiger partial charge on any atom is 0.306 e. The summed E-state index contributed by atoms with van der Waals surface area (Å²) in [4.78, 5) is 38.1. The van der Waals surface area contributed by atoms with Crippen LogP contribution in [0.4, 0.5) is 0 Å². The average molecular weight is 938 g/mol. The lowest BCUT2D eigenvalue weighted by molar-refractivity contribution is -0.167. The van der Waals surface area contributed by atoms with Gasteiger partial charge in [0.05, 0.1) is 0 Å². The Kier molecular flexibility index (Phi) is 53.3. The van der Waals surface area contributed by atoms with Crippen molar-refractivity contribution >= 4 is 17.9 Å². The van der Waals surface area contributed by atoms with Crippen LogP contribution >= 0.6 is 0 Å². The van der Waals surface area contributed by atoms with Crippen molar-refractivity contribution in [1.82, 2.24) is 0 Å². The second-order valence-corrected chi connectivity index (χ2v) is 19.2. The predicted octanol–water partition coefficient (Wildman–Crippen LogP) is 19.2. The Balaban J connectivity index is 4.36. The van der Waals surface area contributed by atoms with E-state index in [1.54, 1.807) is 0 Å². The molecule has 1 atom stereocenters. The second kappa shape index (κ2) is 55.7. The third-order valence-electron chi connectivity index (χ3n) is 12.5. The molecule has 0 saturated carbocycles. The van der Waals surface area contributed by atoms with Gasteiger partial charge in [-0.1, -0.05) is 248 Å². The summed E-state index contributed by atoms with van der Waals surface area (Å²) in [6, 6.07) is 0. The maximum absolute atomic E-state index is 12.8. The Morgan fingerprint density at radius 1 is 0.313 bits per heavy atom. The number of carbonyl (C=O) groups is 3. The zero-order valence-electron chi connectivity index (χ0n) is 44.4. The Morgan fingerprint density at radius 2 is 0.582 bits per heavy atom. The van der Waals surface area contributed by atoms with E-state index < -0.39 is 6.10 Å². The first kappa shape index (κ1) is 64.1. The average Bonchev–Trinajstić information content (AvgIpc) is 3.33. The van der Waals surface area contributed by atoms with Crippen molar-refractivity contribution in [3.8, 4) is 0 Å². The largest absolute Gasteiger partial charge is 0.462 e. The molecule has 0 rings (SSSR count). The third-order valence-corrected chi connectivity index (χ3v) is 12.5. The van der Waals surface area contributed by atoms with E-state index >= 15 is 0 Å². The molecule has 0 aromatic rings. The van der Waals surface area contributed by atoms with E-state index in [0.717, 1.165) is 109 Å². The molecular weight excluding hydrogens is 829 g/mol. The van der Waals surface area contributed by atoms with Gasteiger partial charge < -0.3 is 14.2 Å². The van der Waals surface area contributed by atoms with Crippen LogP contribution in [-0.2, 0) is 28.6 Å². The lowest BCUT2D eigenvalue weighted by Crippen LogP contribution is -2.30. The quantitative estimate of drug-likeness (QED) is 0.0262. The van der Waals surface area contributed by atoms with Crippen LogP contribution in [0.25, 0.3) is 0 Å². The molecule has 0 heterocycles. The van der Waals surface area contributed by atoms with Crippen LogP contribution < -0.4 is 0 Å². The normalized spacial score (nSPS) is 12.5. The fraction of sp³-hybridized carbons (Fsp3) is 0.787. The molecule has 0 aliphatic carbocycles. The van der Waals surface area contributed by atoms with Crippen molar-refractivity contribution < 1.29 is 28.6 Å². The van der Waals surface area contributed by atoms with Crippen molar-refractivity contribution in [1.29, 1.82) is 0 Å². The minimum atomic E-state index is -0.792. The molecule has 1 unspecified atom stereocenters. The summed E-state index contributed by atoms with van der Waals surface area (Å²) >= 11 is 0. The van der Waals surface area contributed by atoms with Gasteiger partial charge in [0, 0.05) is 19.3 Å². The standard InChI is InChI=1S/C61H108O6/c1-4-7-10-13-16-19-22-25-27-29-30-31-32-34-36-39-42-45-48-51-54-60(63)66-57-58(56-65-59(62)53-50-47-44-41-38-35-24-21-18-15-12-9-6-3)67-61(64)55-52-49-46-43-40-37-33-28-26-23-20-17-14-11-8-5-2/h9,12,18,20-21,23,28,33,35,38,58H,4-8,10-11,13-17,19,22,24-27,29-32,34,36-37,39-57H2,1-3H3/b12-9-,21-18-,23-20-,33-28-,38-35-. The molecule has 0 amide bonds. The van der Waals surface area contributed by atoms with Crippen LogP contribution in [0.15, 0.2) is 60.8 Å². The van der Waals surface area contributed by atoms with Crippen LogP contribution in [-0.4, -0.2) is 37.2 Å². The van der Waals surface area contributed by atoms with Crippen molar-refractivity contribution in [3.05, 3.63) is 60.8 Å². The number of hydrogen-bond donors (Lipinski definition) is 0. The molecule has 0 radical (unpaired) electrons. The molecule has 0 aromatic carbocycles. The topological polar surface area (TPSA) is 78.9 Å². The van der Waals surface area contributed by atoms with Crippen LogP contribution in [0.2, 0.25) is 0 Å². The summed E-state index contributed by atoms with van der Waals surface area (Å²) in [5, 5.41) is 0. The summed E-state index contributed by atoms with van der Waals surface area (Å²) in [5.41, 5.74) is 0. The highest BCUT2D eigenvalue weighted by molar-refractivity contribution is 5.71. The summed E-state index contributed by atoms with van der Waals surface area (Å²) in [6.45, 7) is 6.50. The number of carbonyl (C=O) groups excluding carboxylic acids is 3. The van der Waals surface area contributed by atoms with Crippen molar-refractivity contribution in [2.75, 3.05) is 13.2 Å². The molecular formula is C61H108O6. The molecule has 388 valence electrons. The monoisotopic (exact) mass is 937 g/mol. The number of rotatable bonds is 52. The minimum Gasteiger partial charge on any atom is -0.462 e.